The Labute approximate surface area is 150 Å². The number of Topliss-reactive ketones (excluding diaryl/α,β-unsaturated/α-hetero) is 1. The van der Waals surface area contributed by atoms with Gasteiger partial charge >= 0.3 is 0 Å². The summed E-state index contributed by atoms with van der Waals surface area (Å²) in [4.78, 5) is 12.0. The van der Waals surface area contributed by atoms with Crippen LogP contribution in [0, 0.1) is 45.8 Å². The zero-order valence-corrected chi connectivity index (χ0v) is 15.4. The minimum atomic E-state index is -0.608. The molecule has 0 aromatic carbocycles. The van der Waals surface area contributed by atoms with Crippen LogP contribution in [0.2, 0.25) is 0 Å². The maximum atomic E-state index is 12.0. The quantitative estimate of drug-likeness (QED) is 0.673. The van der Waals surface area contributed by atoms with Crippen LogP contribution in [0.1, 0.15) is 52.4 Å². The number of hydrogen-bond acceptors (Lipinski definition) is 4. The highest BCUT2D eigenvalue weighted by atomic mass is 16.3. The molecule has 3 N–H and O–H groups in total. The number of allylic oxidation sites excluding steroid dienone is 2. The van der Waals surface area contributed by atoms with Crippen molar-refractivity contribution in [3.63, 3.8) is 0 Å². The molecule has 4 aliphatic carbocycles. The Bertz CT molecular complexity index is 629. The largest absolute Gasteiger partial charge is 0.394 e. The molecule has 138 valence electrons. The zero-order chi connectivity index (χ0) is 18.0. The first-order chi connectivity index (χ1) is 11.8. The minimum absolute atomic E-state index is 0.0143. The number of rotatable bonds is 2. The van der Waals surface area contributed by atoms with Gasteiger partial charge in [0, 0.05) is 12.3 Å². The molecule has 0 aromatic heterocycles. The van der Waals surface area contributed by atoms with E-state index in [1.807, 2.05) is 0 Å². The second kappa shape index (κ2) is 5.75. The molecule has 0 aliphatic heterocycles. The van der Waals surface area contributed by atoms with Gasteiger partial charge < -0.3 is 15.6 Å². The van der Waals surface area contributed by atoms with Crippen LogP contribution >= 0.6 is 0 Å². The average Bonchev–Trinajstić information content (AvgIpc) is 2.95. The highest BCUT2D eigenvalue weighted by Gasteiger charge is 2.60. The highest BCUT2D eigenvalue weighted by Crippen LogP contribution is 2.65. The van der Waals surface area contributed by atoms with E-state index in [1.165, 1.54) is 0 Å². The van der Waals surface area contributed by atoms with E-state index in [-0.39, 0.29) is 35.1 Å². The molecule has 0 saturated heterocycles. The Morgan fingerprint density at radius 3 is 2.60 bits per heavy atom. The van der Waals surface area contributed by atoms with Gasteiger partial charge in [-0.25, -0.2) is 0 Å². The van der Waals surface area contributed by atoms with Crippen LogP contribution in [0.25, 0.3) is 0 Å². The third kappa shape index (κ3) is 2.26. The fraction of sp³-hybridized carbons (Fsp3) is 0.810. The number of carbonyl (C=O) groups excluding carboxylic acids is 1. The van der Waals surface area contributed by atoms with Crippen LogP contribution in [0.5, 0.6) is 0 Å². The third-order valence-electron chi connectivity index (χ3n) is 8.64. The monoisotopic (exact) mass is 345 g/mol. The number of hydrogen-bond donors (Lipinski definition) is 3. The molecule has 0 spiro atoms. The second-order valence-corrected chi connectivity index (χ2v) is 9.47. The van der Waals surface area contributed by atoms with Gasteiger partial charge in [-0.3, -0.25) is 4.79 Å². The predicted octanol–water partition coefficient (Wildman–Crippen LogP) is 2.97. The van der Waals surface area contributed by atoms with Gasteiger partial charge in [-0.1, -0.05) is 26.0 Å². The van der Waals surface area contributed by atoms with Crippen LogP contribution in [0.3, 0.4) is 0 Å². The summed E-state index contributed by atoms with van der Waals surface area (Å²) in [7, 11) is 0. The Morgan fingerprint density at radius 1 is 1.16 bits per heavy atom. The topological polar surface area (TPSA) is 81.4 Å². The Morgan fingerprint density at radius 2 is 1.88 bits per heavy atom. The number of ketones is 1. The molecule has 4 nitrogen and oxygen atoms in total. The van der Waals surface area contributed by atoms with E-state index in [0.717, 1.165) is 32.1 Å². The molecule has 8 atom stereocenters. The van der Waals surface area contributed by atoms with E-state index < -0.39 is 6.10 Å². The van der Waals surface area contributed by atoms with Crippen LogP contribution in [-0.4, -0.2) is 34.4 Å². The first-order valence-electron chi connectivity index (χ1n) is 9.92. The maximum absolute atomic E-state index is 12.0. The van der Waals surface area contributed by atoms with Crippen LogP contribution in [0.15, 0.2) is 12.2 Å². The van der Waals surface area contributed by atoms with Gasteiger partial charge in [-0.05, 0) is 66.6 Å². The van der Waals surface area contributed by atoms with Crippen molar-refractivity contribution in [1.29, 1.82) is 5.41 Å². The summed E-state index contributed by atoms with van der Waals surface area (Å²) in [6, 6.07) is 0. The van der Waals surface area contributed by atoms with Crippen molar-refractivity contribution in [2.24, 2.45) is 40.4 Å². The molecule has 1 unspecified atom stereocenters. The first kappa shape index (κ1) is 17.4. The molecular formula is C21H31NO3. The summed E-state index contributed by atoms with van der Waals surface area (Å²) in [6.45, 7) is 4.48. The van der Waals surface area contributed by atoms with E-state index in [9.17, 15) is 15.0 Å². The Kier molecular flexibility index (Phi) is 4.01. The molecule has 4 aliphatic rings. The lowest BCUT2D eigenvalue weighted by molar-refractivity contribution is -0.117. The van der Waals surface area contributed by atoms with Gasteiger partial charge in [0.1, 0.15) is 0 Å². The lowest BCUT2D eigenvalue weighted by Gasteiger charge is -2.58. The van der Waals surface area contributed by atoms with Crippen molar-refractivity contribution in [3.8, 4) is 0 Å². The average molecular weight is 345 g/mol. The second-order valence-electron chi connectivity index (χ2n) is 9.47. The lowest BCUT2D eigenvalue weighted by Crippen LogP contribution is -2.54. The molecule has 3 fully saturated rings. The normalized spacial score (nSPS) is 50.2. The standard InChI is InChI=1S/C21H31NO3/c1-20-9-7-14-12(13(20)5-6-15(20)18(25)11-23)3-4-16-19(22)17(24)8-10-21(14,16)2/h3-4,12-16,18,22-23,25H,5-11H2,1-2H3/t12-,13-,14-,15+,16?,18-,20-,21+/m0/s1. The van der Waals surface area contributed by atoms with Gasteiger partial charge in [-0.2, -0.15) is 0 Å². The van der Waals surface area contributed by atoms with Crippen molar-refractivity contribution >= 4 is 11.5 Å². The maximum Gasteiger partial charge on any atom is 0.176 e. The van der Waals surface area contributed by atoms with Crippen LogP contribution < -0.4 is 0 Å². The van der Waals surface area contributed by atoms with Crippen molar-refractivity contribution < 1.29 is 15.0 Å². The number of carbonyl (C=O) groups is 1. The SMILES string of the molecule is C[C@]12CC[C@H]3[C@@H](C=CC4C(=N)C(=O)CC[C@@]43C)[C@@H]1CC[C@@H]2[C@@H](O)CO. The molecule has 0 amide bonds. The molecule has 4 heteroatoms. The molecular weight excluding hydrogens is 314 g/mol. The predicted molar refractivity (Wildman–Crippen MR) is 96.3 cm³/mol. The van der Waals surface area contributed by atoms with Gasteiger partial charge in [0.15, 0.2) is 5.78 Å². The van der Waals surface area contributed by atoms with E-state index in [0.29, 0.717) is 29.9 Å². The van der Waals surface area contributed by atoms with E-state index in [4.69, 9.17) is 5.41 Å². The van der Waals surface area contributed by atoms with E-state index >= 15 is 0 Å². The van der Waals surface area contributed by atoms with Crippen LogP contribution in [0.4, 0.5) is 0 Å². The minimum Gasteiger partial charge on any atom is -0.394 e. The van der Waals surface area contributed by atoms with Gasteiger partial charge in [0.25, 0.3) is 0 Å². The Hall–Kier alpha value is -1.00. The first-order valence-corrected chi connectivity index (χ1v) is 9.92. The number of fused-ring (bicyclic) bond motifs is 5. The highest BCUT2D eigenvalue weighted by molar-refractivity contribution is 6.40. The van der Waals surface area contributed by atoms with E-state index in [2.05, 4.69) is 26.0 Å². The fourth-order valence-electron chi connectivity index (χ4n) is 7.18. The Balaban J connectivity index is 1.67. The van der Waals surface area contributed by atoms with Gasteiger partial charge in [0.2, 0.25) is 0 Å². The van der Waals surface area contributed by atoms with E-state index in [1.54, 1.807) is 0 Å². The summed E-state index contributed by atoms with van der Waals surface area (Å²) in [5.74, 6) is 1.75. The fourth-order valence-corrected chi connectivity index (χ4v) is 7.18. The number of nitrogens with one attached hydrogen (secondary N) is 1. The summed E-state index contributed by atoms with van der Waals surface area (Å²) < 4.78 is 0. The molecule has 0 radical (unpaired) electrons. The molecule has 25 heavy (non-hydrogen) atoms. The molecule has 3 saturated carbocycles. The number of aliphatic hydroxyl groups is 2. The number of aliphatic hydroxyl groups excluding tert-OH is 2. The van der Waals surface area contributed by atoms with Crippen molar-refractivity contribution in [3.05, 3.63) is 12.2 Å². The van der Waals surface area contributed by atoms with Crippen molar-refractivity contribution in [2.75, 3.05) is 6.61 Å². The summed E-state index contributed by atoms with van der Waals surface area (Å²) in [5.41, 5.74) is 0.436. The summed E-state index contributed by atoms with van der Waals surface area (Å²) in [5, 5.41) is 28.1. The third-order valence-corrected chi connectivity index (χ3v) is 8.64. The van der Waals surface area contributed by atoms with Gasteiger partial charge in [0.05, 0.1) is 18.4 Å². The molecule has 0 aromatic rings. The van der Waals surface area contributed by atoms with Gasteiger partial charge in [-0.15, -0.1) is 0 Å². The summed E-state index contributed by atoms with van der Waals surface area (Å²) >= 11 is 0. The van der Waals surface area contributed by atoms with Crippen molar-refractivity contribution in [1.82, 2.24) is 0 Å². The molecule has 0 heterocycles. The molecule has 4 rings (SSSR count). The lowest BCUT2D eigenvalue weighted by atomic mass is 9.46. The van der Waals surface area contributed by atoms with Crippen LogP contribution in [-0.2, 0) is 4.79 Å². The summed E-state index contributed by atoms with van der Waals surface area (Å²) in [6.07, 6.45) is 9.57. The smallest absolute Gasteiger partial charge is 0.176 e. The van der Waals surface area contributed by atoms with Crippen molar-refractivity contribution in [2.45, 2.75) is 58.5 Å². The molecule has 0 bridgehead atoms. The zero-order valence-electron chi connectivity index (χ0n) is 15.4.